The van der Waals surface area contributed by atoms with Gasteiger partial charge in [-0.1, -0.05) is 62.4 Å². The third kappa shape index (κ3) is 4.55. The van der Waals surface area contributed by atoms with Gasteiger partial charge >= 0.3 is 5.97 Å². The number of methoxy groups -OCH3 is 1. The Bertz CT molecular complexity index is 1070. The number of esters is 1. The SMILES string of the molecule is COC(=O)c1c(NC(=S)Nc2c(C)cccc2C(C)C)sc(C)c1-c1ccccc1. The number of para-hydroxylation sites is 1. The summed E-state index contributed by atoms with van der Waals surface area (Å²) in [6, 6.07) is 16.1. The second kappa shape index (κ2) is 9.41. The van der Waals surface area contributed by atoms with Crippen LogP contribution < -0.4 is 10.6 Å². The van der Waals surface area contributed by atoms with Gasteiger partial charge in [0.2, 0.25) is 0 Å². The Morgan fingerprint density at radius 1 is 1.03 bits per heavy atom. The smallest absolute Gasteiger partial charge is 0.341 e. The van der Waals surface area contributed by atoms with Gasteiger partial charge in [0.25, 0.3) is 0 Å². The molecule has 1 heterocycles. The van der Waals surface area contributed by atoms with Crippen molar-refractivity contribution in [2.75, 3.05) is 17.7 Å². The first kappa shape index (κ1) is 22.0. The number of anilines is 2. The molecule has 156 valence electrons. The van der Waals surface area contributed by atoms with E-state index < -0.39 is 0 Å². The Hall–Kier alpha value is -2.70. The van der Waals surface area contributed by atoms with Crippen molar-refractivity contribution < 1.29 is 9.53 Å². The van der Waals surface area contributed by atoms with E-state index in [1.165, 1.54) is 24.0 Å². The van der Waals surface area contributed by atoms with Gasteiger partial charge < -0.3 is 15.4 Å². The number of thiocarbonyl (C=S) groups is 1. The van der Waals surface area contributed by atoms with Crippen molar-refractivity contribution >= 4 is 45.3 Å². The van der Waals surface area contributed by atoms with Crippen molar-refractivity contribution in [1.82, 2.24) is 0 Å². The molecule has 6 heteroatoms. The monoisotopic (exact) mass is 438 g/mol. The van der Waals surface area contributed by atoms with Crippen LogP contribution in [0, 0.1) is 13.8 Å². The van der Waals surface area contributed by atoms with Gasteiger partial charge in [0.15, 0.2) is 5.11 Å². The number of rotatable bonds is 5. The summed E-state index contributed by atoms with van der Waals surface area (Å²) >= 11 is 7.10. The molecule has 0 radical (unpaired) electrons. The molecule has 2 aromatic carbocycles. The van der Waals surface area contributed by atoms with Gasteiger partial charge in [-0.25, -0.2) is 4.79 Å². The predicted molar refractivity (Wildman–Crippen MR) is 131 cm³/mol. The molecule has 0 aliphatic carbocycles. The zero-order valence-corrected chi connectivity index (χ0v) is 19.5. The van der Waals surface area contributed by atoms with E-state index >= 15 is 0 Å². The number of carbonyl (C=O) groups is 1. The fraction of sp³-hybridized carbons (Fsp3) is 0.250. The molecule has 0 aliphatic heterocycles. The molecule has 3 rings (SSSR count). The number of thiophene rings is 1. The zero-order chi connectivity index (χ0) is 21.8. The van der Waals surface area contributed by atoms with Crippen molar-refractivity contribution in [3.8, 4) is 11.1 Å². The molecule has 30 heavy (non-hydrogen) atoms. The minimum Gasteiger partial charge on any atom is -0.465 e. The molecule has 0 fully saturated rings. The van der Waals surface area contributed by atoms with Crippen molar-refractivity contribution in [2.45, 2.75) is 33.6 Å². The van der Waals surface area contributed by atoms with Gasteiger partial charge in [-0.05, 0) is 48.7 Å². The molecule has 2 N–H and O–H groups in total. The molecule has 1 aromatic heterocycles. The number of hydrogen-bond donors (Lipinski definition) is 2. The van der Waals surface area contributed by atoms with Crippen LogP contribution in [0.1, 0.15) is 46.1 Å². The molecule has 4 nitrogen and oxygen atoms in total. The van der Waals surface area contributed by atoms with Crippen LogP contribution >= 0.6 is 23.6 Å². The van der Waals surface area contributed by atoms with E-state index in [9.17, 15) is 4.79 Å². The lowest BCUT2D eigenvalue weighted by atomic mass is 9.98. The molecule has 0 spiro atoms. The maximum absolute atomic E-state index is 12.7. The van der Waals surface area contributed by atoms with Crippen molar-refractivity contribution in [3.63, 3.8) is 0 Å². The van der Waals surface area contributed by atoms with Gasteiger partial charge in [-0.3, -0.25) is 0 Å². The van der Waals surface area contributed by atoms with E-state index in [0.717, 1.165) is 27.3 Å². The lowest BCUT2D eigenvalue weighted by molar-refractivity contribution is 0.0603. The number of hydrogen-bond acceptors (Lipinski definition) is 4. The summed E-state index contributed by atoms with van der Waals surface area (Å²) in [4.78, 5) is 13.7. The summed E-state index contributed by atoms with van der Waals surface area (Å²) < 4.78 is 5.09. The van der Waals surface area contributed by atoms with Crippen molar-refractivity contribution in [3.05, 3.63) is 70.1 Å². The molecule has 0 aliphatic rings. The van der Waals surface area contributed by atoms with Crippen LogP contribution in [0.25, 0.3) is 11.1 Å². The van der Waals surface area contributed by atoms with Crippen LogP contribution in [-0.4, -0.2) is 18.2 Å². The van der Waals surface area contributed by atoms with Crippen molar-refractivity contribution in [1.29, 1.82) is 0 Å². The largest absolute Gasteiger partial charge is 0.465 e. The highest BCUT2D eigenvalue weighted by Crippen LogP contribution is 2.40. The van der Waals surface area contributed by atoms with E-state index in [4.69, 9.17) is 17.0 Å². The van der Waals surface area contributed by atoms with E-state index in [0.29, 0.717) is 21.6 Å². The van der Waals surface area contributed by atoms with Gasteiger partial charge in [0.1, 0.15) is 10.6 Å². The van der Waals surface area contributed by atoms with E-state index in [-0.39, 0.29) is 5.97 Å². The van der Waals surface area contributed by atoms with E-state index in [1.54, 1.807) is 0 Å². The van der Waals surface area contributed by atoms with Crippen LogP contribution in [0.5, 0.6) is 0 Å². The number of nitrogens with one attached hydrogen (secondary N) is 2. The van der Waals surface area contributed by atoms with Gasteiger partial charge in [-0.2, -0.15) is 0 Å². The Balaban J connectivity index is 1.96. The molecule has 0 saturated heterocycles. The molecule has 0 atom stereocenters. The average molecular weight is 439 g/mol. The van der Waals surface area contributed by atoms with Crippen LogP contribution in [0.4, 0.5) is 10.7 Å². The Morgan fingerprint density at radius 3 is 2.37 bits per heavy atom. The molecule has 0 bridgehead atoms. The first-order valence-electron chi connectivity index (χ1n) is 9.78. The minimum atomic E-state index is -0.387. The topological polar surface area (TPSA) is 50.4 Å². The normalized spacial score (nSPS) is 10.7. The van der Waals surface area contributed by atoms with Crippen LogP contribution in [-0.2, 0) is 4.74 Å². The molecule has 0 unspecified atom stereocenters. The Labute approximate surface area is 187 Å². The summed E-state index contributed by atoms with van der Waals surface area (Å²) in [5, 5.41) is 7.69. The summed E-state index contributed by atoms with van der Waals surface area (Å²) in [5.41, 5.74) is 5.66. The number of ether oxygens (including phenoxy) is 1. The van der Waals surface area contributed by atoms with Crippen LogP contribution in [0.2, 0.25) is 0 Å². The maximum Gasteiger partial charge on any atom is 0.341 e. The molecular formula is C24H26N2O2S2. The number of aryl methyl sites for hydroxylation is 2. The molecule has 0 amide bonds. The minimum absolute atomic E-state index is 0.356. The third-order valence-corrected chi connectivity index (χ3v) is 6.15. The highest BCUT2D eigenvalue weighted by atomic mass is 32.1. The zero-order valence-electron chi connectivity index (χ0n) is 17.8. The predicted octanol–water partition coefficient (Wildman–Crippen LogP) is 6.75. The summed E-state index contributed by atoms with van der Waals surface area (Å²) in [7, 11) is 1.40. The Morgan fingerprint density at radius 2 is 1.73 bits per heavy atom. The highest BCUT2D eigenvalue weighted by Gasteiger charge is 2.24. The summed E-state index contributed by atoms with van der Waals surface area (Å²) in [5.74, 6) is -0.0308. The fourth-order valence-electron chi connectivity index (χ4n) is 3.47. The standard InChI is InChI=1S/C24H26N2O2S2/c1-14(2)18-13-9-10-15(3)21(18)25-24(29)26-22-20(23(27)28-5)19(16(4)30-22)17-11-7-6-8-12-17/h6-14H,1-5H3,(H2,25,26,29). The fourth-order valence-corrected chi connectivity index (χ4v) is 4.81. The van der Waals surface area contributed by atoms with Crippen LogP contribution in [0.3, 0.4) is 0 Å². The van der Waals surface area contributed by atoms with E-state index in [2.05, 4.69) is 49.6 Å². The Kier molecular flexibility index (Phi) is 6.90. The quantitative estimate of drug-likeness (QED) is 0.341. The maximum atomic E-state index is 12.7. The molecule has 3 aromatic rings. The van der Waals surface area contributed by atoms with Gasteiger partial charge in [0.05, 0.1) is 7.11 Å². The average Bonchev–Trinajstić information content (AvgIpc) is 3.04. The summed E-state index contributed by atoms with van der Waals surface area (Å²) in [6.45, 7) is 8.36. The third-order valence-electron chi connectivity index (χ3n) is 4.93. The number of carbonyl (C=O) groups excluding carboxylic acids is 1. The van der Waals surface area contributed by atoms with Gasteiger partial charge in [0, 0.05) is 16.1 Å². The first-order chi connectivity index (χ1) is 14.3. The van der Waals surface area contributed by atoms with E-state index in [1.807, 2.05) is 37.3 Å². The summed E-state index contributed by atoms with van der Waals surface area (Å²) in [6.07, 6.45) is 0. The van der Waals surface area contributed by atoms with Crippen LogP contribution in [0.15, 0.2) is 48.5 Å². The highest BCUT2D eigenvalue weighted by molar-refractivity contribution is 7.80. The lowest BCUT2D eigenvalue weighted by Gasteiger charge is -2.18. The van der Waals surface area contributed by atoms with Crippen molar-refractivity contribution in [2.24, 2.45) is 0 Å². The lowest BCUT2D eigenvalue weighted by Crippen LogP contribution is -2.21. The van der Waals surface area contributed by atoms with Gasteiger partial charge in [-0.15, -0.1) is 11.3 Å². The second-order valence-electron chi connectivity index (χ2n) is 7.37. The molecular weight excluding hydrogens is 412 g/mol. The molecule has 0 saturated carbocycles. The first-order valence-corrected chi connectivity index (χ1v) is 11.0. The number of benzene rings is 2. The second-order valence-corrected chi connectivity index (χ2v) is 9.00.